The van der Waals surface area contributed by atoms with Gasteiger partial charge in [-0.3, -0.25) is 4.99 Å². The zero-order valence-corrected chi connectivity index (χ0v) is 17.5. The number of rotatable bonds is 5. The Morgan fingerprint density at radius 1 is 1.17 bits per heavy atom. The Morgan fingerprint density at radius 2 is 1.91 bits per heavy atom. The van der Waals surface area contributed by atoms with Crippen LogP contribution in [0.3, 0.4) is 0 Å². The molecule has 0 amide bonds. The molecule has 3 fully saturated rings. The molecule has 0 spiro atoms. The van der Waals surface area contributed by atoms with Crippen LogP contribution in [0.2, 0.25) is 0 Å². The molecule has 0 bridgehead atoms. The molecular formula is C18H35IN4. The average molecular weight is 434 g/mol. The molecule has 5 heteroatoms. The lowest BCUT2D eigenvalue weighted by Crippen LogP contribution is -2.43. The highest BCUT2D eigenvalue weighted by Gasteiger charge is 2.37. The predicted molar refractivity (Wildman–Crippen MR) is 109 cm³/mol. The fourth-order valence-corrected chi connectivity index (χ4v) is 4.31. The standard InChI is InChI=1S/C18H34N4.HI/c1-4-18(5-2)9-11-22(14-18)17(19-3)20-12-15-8-10-21(13-15)16-6-7-16;/h15-16H,4-14H2,1-3H3,(H,19,20);1H. The molecule has 3 aliphatic rings. The van der Waals surface area contributed by atoms with Crippen LogP contribution < -0.4 is 5.32 Å². The van der Waals surface area contributed by atoms with Gasteiger partial charge in [0.15, 0.2) is 5.96 Å². The SMILES string of the molecule is CCC1(CC)CCN(C(=NC)NCC2CCN(C3CC3)C2)C1.I. The highest BCUT2D eigenvalue weighted by Crippen LogP contribution is 2.37. The van der Waals surface area contributed by atoms with Gasteiger partial charge in [-0.1, -0.05) is 13.8 Å². The molecular weight excluding hydrogens is 399 g/mol. The van der Waals surface area contributed by atoms with Crippen LogP contribution in [-0.4, -0.2) is 61.6 Å². The summed E-state index contributed by atoms with van der Waals surface area (Å²) in [7, 11) is 1.94. The molecule has 1 N–H and O–H groups in total. The minimum absolute atomic E-state index is 0. The van der Waals surface area contributed by atoms with E-state index in [1.54, 1.807) is 0 Å². The maximum Gasteiger partial charge on any atom is 0.193 e. The lowest BCUT2D eigenvalue weighted by atomic mass is 9.82. The molecule has 0 radical (unpaired) electrons. The van der Waals surface area contributed by atoms with Crippen LogP contribution in [0.15, 0.2) is 4.99 Å². The summed E-state index contributed by atoms with van der Waals surface area (Å²) in [6.07, 6.45) is 8.12. The molecule has 3 rings (SSSR count). The van der Waals surface area contributed by atoms with Gasteiger partial charge in [0.1, 0.15) is 0 Å². The lowest BCUT2D eigenvalue weighted by molar-refractivity contribution is 0.275. The molecule has 0 aromatic carbocycles. The number of halogens is 1. The molecule has 4 nitrogen and oxygen atoms in total. The van der Waals surface area contributed by atoms with Crippen molar-refractivity contribution < 1.29 is 0 Å². The first kappa shape index (κ1) is 19.3. The molecule has 2 aliphatic heterocycles. The second-order valence-electron chi connectivity index (χ2n) is 7.69. The normalized spacial score (nSPS) is 28.0. The number of hydrogen-bond donors (Lipinski definition) is 1. The molecule has 1 saturated carbocycles. The quantitative estimate of drug-likeness (QED) is 0.410. The fourth-order valence-electron chi connectivity index (χ4n) is 4.31. The van der Waals surface area contributed by atoms with Crippen molar-refractivity contribution in [1.29, 1.82) is 0 Å². The molecule has 1 atom stereocenters. The zero-order chi connectivity index (χ0) is 15.6. The Hall–Kier alpha value is -0.0400. The van der Waals surface area contributed by atoms with Crippen molar-refractivity contribution in [3.63, 3.8) is 0 Å². The Bertz CT molecular complexity index is 404. The largest absolute Gasteiger partial charge is 0.356 e. The van der Waals surface area contributed by atoms with Crippen LogP contribution in [0.4, 0.5) is 0 Å². The van der Waals surface area contributed by atoms with Crippen LogP contribution in [0, 0.1) is 11.3 Å². The highest BCUT2D eigenvalue weighted by atomic mass is 127. The van der Waals surface area contributed by atoms with E-state index in [4.69, 9.17) is 0 Å². The Balaban J connectivity index is 0.00000192. The smallest absolute Gasteiger partial charge is 0.193 e. The summed E-state index contributed by atoms with van der Waals surface area (Å²) < 4.78 is 0. The van der Waals surface area contributed by atoms with E-state index in [1.807, 2.05) is 7.05 Å². The minimum atomic E-state index is 0. The fraction of sp³-hybridized carbons (Fsp3) is 0.944. The molecule has 2 saturated heterocycles. The molecule has 134 valence electrons. The predicted octanol–water partition coefficient (Wildman–Crippen LogP) is 3.18. The third-order valence-corrected chi connectivity index (χ3v) is 6.38. The molecule has 0 aromatic heterocycles. The number of nitrogens with one attached hydrogen (secondary N) is 1. The van der Waals surface area contributed by atoms with E-state index in [0.717, 1.165) is 24.5 Å². The first-order valence-electron chi connectivity index (χ1n) is 9.39. The minimum Gasteiger partial charge on any atom is -0.356 e. The first-order valence-corrected chi connectivity index (χ1v) is 9.39. The van der Waals surface area contributed by atoms with Gasteiger partial charge in [0.25, 0.3) is 0 Å². The topological polar surface area (TPSA) is 30.9 Å². The molecule has 1 unspecified atom stereocenters. The van der Waals surface area contributed by atoms with Crippen LogP contribution in [0.5, 0.6) is 0 Å². The first-order chi connectivity index (χ1) is 10.7. The van der Waals surface area contributed by atoms with Gasteiger partial charge in [-0.05, 0) is 56.4 Å². The summed E-state index contributed by atoms with van der Waals surface area (Å²) in [5.74, 6) is 1.94. The third-order valence-electron chi connectivity index (χ3n) is 6.38. The van der Waals surface area contributed by atoms with Crippen molar-refractivity contribution in [2.24, 2.45) is 16.3 Å². The number of guanidine groups is 1. The monoisotopic (exact) mass is 434 g/mol. The summed E-state index contributed by atoms with van der Waals surface area (Å²) in [5.41, 5.74) is 0.522. The van der Waals surface area contributed by atoms with Gasteiger partial charge in [-0.15, -0.1) is 24.0 Å². The second-order valence-corrected chi connectivity index (χ2v) is 7.69. The van der Waals surface area contributed by atoms with E-state index < -0.39 is 0 Å². The van der Waals surface area contributed by atoms with Crippen molar-refractivity contribution in [2.45, 2.75) is 58.4 Å². The third kappa shape index (κ3) is 4.53. The summed E-state index contributed by atoms with van der Waals surface area (Å²) in [6, 6.07) is 0.928. The van der Waals surface area contributed by atoms with Crippen LogP contribution in [-0.2, 0) is 0 Å². The van der Waals surface area contributed by atoms with Gasteiger partial charge >= 0.3 is 0 Å². The van der Waals surface area contributed by atoms with Gasteiger partial charge in [0.05, 0.1) is 0 Å². The van der Waals surface area contributed by atoms with E-state index in [0.29, 0.717) is 5.41 Å². The van der Waals surface area contributed by atoms with Crippen molar-refractivity contribution in [2.75, 3.05) is 39.8 Å². The number of likely N-dealkylation sites (tertiary alicyclic amines) is 2. The molecule has 1 aliphatic carbocycles. The Kier molecular flexibility index (Phi) is 7.01. The van der Waals surface area contributed by atoms with Gasteiger partial charge in [0, 0.05) is 39.3 Å². The average Bonchev–Trinajstić information content (AvgIpc) is 3.14. The summed E-state index contributed by atoms with van der Waals surface area (Å²) in [6.45, 7) is 10.7. The van der Waals surface area contributed by atoms with Gasteiger partial charge in [-0.25, -0.2) is 0 Å². The maximum absolute atomic E-state index is 4.55. The lowest BCUT2D eigenvalue weighted by Gasteiger charge is -2.28. The van der Waals surface area contributed by atoms with Crippen LogP contribution >= 0.6 is 24.0 Å². The van der Waals surface area contributed by atoms with E-state index in [2.05, 4.69) is 34.0 Å². The van der Waals surface area contributed by atoms with Crippen LogP contribution in [0.1, 0.15) is 52.4 Å². The van der Waals surface area contributed by atoms with E-state index in [1.165, 1.54) is 64.7 Å². The molecule has 23 heavy (non-hydrogen) atoms. The number of hydrogen-bond acceptors (Lipinski definition) is 2. The maximum atomic E-state index is 4.55. The van der Waals surface area contributed by atoms with E-state index in [9.17, 15) is 0 Å². The van der Waals surface area contributed by atoms with Crippen molar-refractivity contribution >= 4 is 29.9 Å². The number of nitrogens with zero attached hydrogens (tertiary/aromatic N) is 3. The Labute approximate surface area is 159 Å². The summed E-state index contributed by atoms with van der Waals surface area (Å²) >= 11 is 0. The van der Waals surface area contributed by atoms with Crippen molar-refractivity contribution in [3.05, 3.63) is 0 Å². The highest BCUT2D eigenvalue weighted by molar-refractivity contribution is 14.0. The van der Waals surface area contributed by atoms with E-state index >= 15 is 0 Å². The van der Waals surface area contributed by atoms with Gasteiger partial charge in [0.2, 0.25) is 0 Å². The number of aliphatic imine (C=N–C) groups is 1. The zero-order valence-electron chi connectivity index (χ0n) is 15.2. The Morgan fingerprint density at radius 3 is 2.48 bits per heavy atom. The summed E-state index contributed by atoms with van der Waals surface area (Å²) in [5, 5.41) is 3.67. The van der Waals surface area contributed by atoms with Gasteiger partial charge in [-0.2, -0.15) is 0 Å². The van der Waals surface area contributed by atoms with Gasteiger partial charge < -0.3 is 15.1 Å². The summed E-state index contributed by atoms with van der Waals surface area (Å²) in [4.78, 5) is 9.73. The van der Waals surface area contributed by atoms with Crippen LogP contribution in [0.25, 0.3) is 0 Å². The molecule has 0 aromatic rings. The van der Waals surface area contributed by atoms with Crippen molar-refractivity contribution in [1.82, 2.24) is 15.1 Å². The van der Waals surface area contributed by atoms with Crippen molar-refractivity contribution in [3.8, 4) is 0 Å². The van der Waals surface area contributed by atoms with E-state index in [-0.39, 0.29) is 24.0 Å². The molecule has 2 heterocycles. The second kappa shape index (κ2) is 8.37.